The molecule has 144 valence electrons. The van der Waals surface area contributed by atoms with Crippen LogP contribution in [-0.4, -0.2) is 72.2 Å². The highest BCUT2D eigenvalue weighted by Crippen LogP contribution is 2.14. The number of amides is 2. The molecular weight excluding hydrogens is 369 g/mol. The Labute approximate surface area is 162 Å². The van der Waals surface area contributed by atoms with Gasteiger partial charge < -0.3 is 10.6 Å². The van der Waals surface area contributed by atoms with E-state index in [0.717, 1.165) is 38.3 Å². The number of nitrogens with zero attached hydrogens (tertiary/aromatic N) is 3. The summed E-state index contributed by atoms with van der Waals surface area (Å²) in [6, 6.07) is 5.80. The number of piperazine rings is 1. The van der Waals surface area contributed by atoms with Gasteiger partial charge in [0.2, 0.25) is 11.8 Å². The number of aliphatic imine (C=N–C) groups is 1. The molecule has 2 N–H and O–H groups in total. The number of hydrogen-bond acceptors (Lipinski definition) is 6. The van der Waals surface area contributed by atoms with Crippen molar-refractivity contribution in [1.82, 2.24) is 20.4 Å². The molecule has 2 amide bonds. The molecule has 2 heterocycles. The number of hydrogen-bond donors (Lipinski definition) is 2. The van der Waals surface area contributed by atoms with Crippen molar-refractivity contribution in [2.24, 2.45) is 10.9 Å². The van der Waals surface area contributed by atoms with E-state index in [4.69, 9.17) is 12.2 Å². The summed E-state index contributed by atoms with van der Waals surface area (Å²) in [6.45, 7) is 5.35. The third kappa shape index (κ3) is 5.15. The van der Waals surface area contributed by atoms with Crippen molar-refractivity contribution in [3.8, 4) is 0 Å². The molecule has 3 rings (SSSR count). The molecule has 0 unspecified atom stereocenters. The third-order valence-electron chi connectivity index (χ3n) is 4.55. The Morgan fingerprint density at radius 2 is 1.93 bits per heavy atom. The molecule has 1 aromatic carbocycles. The van der Waals surface area contributed by atoms with Crippen LogP contribution in [-0.2, 0) is 16.1 Å². The van der Waals surface area contributed by atoms with Crippen LogP contribution in [0, 0.1) is 11.7 Å². The lowest BCUT2D eigenvalue weighted by atomic mass is 10.1. The lowest BCUT2D eigenvalue weighted by Gasteiger charge is -2.31. The molecule has 2 saturated heterocycles. The van der Waals surface area contributed by atoms with Gasteiger partial charge in [-0.1, -0.05) is 12.1 Å². The summed E-state index contributed by atoms with van der Waals surface area (Å²) in [5.74, 6) is -2.24. The van der Waals surface area contributed by atoms with Crippen LogP contribution >= 0.6 is 12.2 Å². The van der Waals surface area contributed by atoms with Crippen LogP contribution < -0.4 is 10.6 Å². The summed E-state index contributed by atoms with van der Waals surface area (Å²) >= 11 is 5.12. The molecule has 0 bridgehead atoms. The molecule has 0 radical (unpaired) electrons. The van der Waals surface area contributed by atoms with Gasteiger partial charge in [-0.3, -0.25) is 24.4 Å². The van der Waals surface area contributed by atoms with Gasteiger partial charge in [-0.2, -0.15) is 0 Å². The Morgan fingerprint density at radius 1 is 1.22 bits per heavy atom. The lowest BCUT2D eigenvalue weighted by Crippen LogP contribution is -2.57. The summed E-state index contributed by atoms with van der Waals surface area (Å²) in [5, 5.41) is 5.88. The molecule has 2 aliphatic heterocycles. The van der Waals surface area contributed by atoms with E-state index in [9.17, 15) is 14.0 Å². The maximum Gasteiger partial charge on any atom is 0.247 e. The van der Waals surface area contributed by atoms with Crippen LogP contribution in [0.15, 0.2) is 29.3 Å². The Morgan fingerprint density at radius 3 is 2.63 bits per heavy atom. The highest BCUT2D eigenvalue weighted by molar-refractivity contribution is 7.80. The smallest absolute Gasteiger partial charge is 0.247 e. The number of rotatable bonds is 6. The van der Waals surface area contributed by atoms with Crippen molar-refractivity contribution >= 4 is 35.4 Å². The Kier molecular flexibility index (Phi) is 6.59. The van der Waals surface area contributed by atoms with Crippen LogP contribution in [0.4, 0.5) is 4.39 Å². The Bertz CT molecular complexity index is 734. The minimum atomic E-state index is -1.000. The van der Waals surface area contributed by atoms with E-state index in [1.807, 2.05) is 0 Å². The van der Waals surface area contributed by atoms with Gasteiger partial charge in [-0.25, -0.2) is 4.39 Å². The fourth-order valence-electron chi connectivity index (χ4n) is 3.00. The van der Waals surface area contributed by atoms with E-state index in [-0.39, 0.29) is 17.5 Å². The molecule has 7 nitrogen and oxygen atoms in total. The number of benzene rings is 1. The zero-order valence-electron chi connectivity index (χ0n) is 14.9. The highest BCUT2D eigenvalue weighted by atomic mass is 32.1. The summed E-state index contributed by atoms with van der Waals surface area (Å²) in [6.07, 6.45) is 1.40. The predicted molar refractivity (Wildman–Crippen MR) is 104 cm³/mol. The molecule has 0 saturated carbocycles. The van der Waals surface area contributed by atoms with Crippen molar-refractivity contribution in [3.63, 3.8) is 0 Å². The van der Waals surface area contributed by atoms with Gasteiger partial charge in [0, 0.05) is 38.9 Å². The second-order valence-electron chi connectivity index (χ2n) is 6.47. The highest BCUT2D eigenvalue weighted by Gasteiger charge is 2.37. The number of carbonyl (C=O) groups is 2. The monoisotopic (exact) mass is 391 g/mol. The molecule has 2 fully saturated rings. The van der Waals surface area contributed by atoms with Crippen molar-refractivity contribution in [3.05, 3.63) is 35.6 Å². The molecule has 1 aromatic rings. The number of nitrogens with one attached hydrogen (secondary N) is 2. The minimum Gasteiger partial charge on any atom is -0.314 e. The lowest BCUT2D eigenvalue weighted by molar-refractivity contribution is -0.138. The largest absolute Gasteiger partial charge is 0.314 e. The van der Waals surface area contributed by atoms with E-state index < -0.39 is 17.7 Å². The fourth-order valence-corrected chi connectivity index (χ4v) is 3.25. The first kappa shape index (κ1) is 19.5. The van der Waals surface area contributed by atoms with Gasteiger partial charge in [0.05, 0.1) is 13.1 Å². The molecule has 0 spiro atoms. The average molecular weight is 391 g/mol. The second-order valence-corrected chi connectivity index (χ2v) is 6.86. The quantitative estimate of drug-likeness (QED) is 0.411. The predicted octanol–water partition coefficient (Wildman–Crippen LogP) is 0.161. The summed E-state index contributed by atoms with van der Waals surface area (Å²) in [4.78, 5) is 32.7. The van der Waals surface area contributed by atoms with Crippen LogP contribution in [0.5, 0.6) is 0 Å². The topological polar surface area (TPSA) is 77.0 Å². The molecule has 0 aliphatic carbocycles. The molecule has 27 heavy (non-hydrogen) atoms. The van der Waals surface area contributed by atoms with Gasteiger partial charge in [0.1, 0.15) is 5.82 Å². The first-order valence-corrected chi connectivity index (χ1v) is 9.29. The normalized spacial score (nSPS) is 21.7. The molecule has 0 aromatic heterocycles. The Balaban J connectivity index is 1.59. The van der Waals surface area contributed by atoms with Crippen molar-refractivity contribution in [2.45, 2.75) is 6.54 Å². The zero-order chi connectivity index (χ0) is 19.2. The first-order valence-electron chi connectivity index (χ1n) is 8.88. The Hall–Kier alpha value is -2.23. The maximum absolute atomic E-state index is 13.1. The summed E-state index contributed by atoms with van der Waals surface area (Å²) in [5.41, 5.74) is 0.720. The molecule has 2 aliphatic rings. The second kappa shape index (κ2) is 9.12. The molecule has 1 atom stereocenters. The van der Waals surface area contributed by atoms with Gasteiger partial charge in [-0.15, -0.1) is 0 Å². The van der Waals surface area contributed by atoms with E-state index in [1.165, 1.54) is 23.2 Å². The number of halogens is 1. The first-order chi connectivity index (χ1) is 13.0. The molecular formula is C18H22FN5O2S. The summed E-state index contributed by atoms with van der Waals surface area (Å²) < 4.78 is 13.1. The summed E-state index contributed by atoms with van der Waals surface area (Å²) in [7, 11) is 0. The zero-order valence-corrected chi connectivity index (χ0v) is 15.7. The van der Waals surface area contributed by atoms with Crippen molar-refractivity contribution in [2.75, 3.05) is 39.3 Å². The van der Waals surface area contributed by atoms with Crippen LogP contribution in [0.2, 0.25) is 0 Å². The van der Waals surface area contributed by atoms with Crippen molar-refractivity contribution in [1.29, 1.82) is 0 Å². The van der Waals surface area contributed by atoms with E-state index in [1.54, 1.807) is 12.1 Å². The van der Waals surface area contributed by atoms with Gasteiger partial charge in [-0.05, 0) is 29.9 Å². The van der Waals surface area contributed by atoms with Gasteiger partial charge in [0.25, 0.3) is 0 Å². The maximum atomic E-state index is 13.1. The van der Waals surface area contributed by atoms with Crippen LogP contribution in [0.3, 0.4) is 0 Å². The van der Waals surface area contributed by atoms with Gasteiger partial charge in [0.15, 0.2) is 11.0 Å². The van der Waals surface area contributed by atoms with Crippen molar-refractivity contribution < 1.29 is 14.0 Å². The third-order valence-corrected chi connectivity index (χ3v) is 4.88. The standard InChI is InChI=1S/C18H22FN5O2S/c19-14-3-1-13(2-4-14)12-24-17(26)15(16(25)22-18(24)27)11-21-7-10-23-8-5-20-6-9-23/h1-4,11,15,20H,5-10,12H2,(H,22,25,27)/t15-/m1/s1. The van der Waals surface area contributed by atoms with E-state index in [0.29, 0.717) is 6.54 Å². The van der Waals surface area contributed by atoms with Crippen LogP contribution in [0.25, 0.3) is 0 Å². The van der Waals surface area contributed by atoms with Gasteiger partial charge >= 0.3 is 0 Å². The van der Waals surface area contributed by atoms with E-state index >= 15 is 0 Å². The molecule has 9 heteroatoms. The minimum absolute atomic E-state index is 0.0554. The van der Waals surface area contributed by atoms with E-state index in [2.05, 4.69) is 20.5 Å². The SMILES string of the molecule is O=C1NC(=S)N(Cc2ccc(F)cc2)C(=O)[C@@H]1C=NCCN1CCNCC1. The fraction of sp³-hybridized carbons (Fsp3) is 0.444. The average Bonchev–Trinajstić information content (AvgIpc) is 2.66. The number of carbonyl (C=O) groups excluding carboxylic acids is 2. The van der Waals surface area contributed by atoms with Crippen LogP contribution in [0.1, 0.15) is 5.56 Å². The number of thiocarbonyl (C=S) groups is 1.